The number of methoxy groups -OCH3 is 1. The van der Waals surface area contributed by atoms with Gasteiger partial charge in [-0.15, -0.1) is 0 Å². The molecule has 0 saturated heterocycles. The van der Waals surface area contributed by atoms with E-state index in [1.807, 2.05) is 0 Å². The van der Waals surface area contributed by atoms with Crippen molar-refractivity contribution in [3.8, 4) is 5.75 Å². The minimum Gasteiger partial charge on any atom is -0.496 e. The van der Waals surface area contributed by atoms with E-state index in [1.165, 1.54) is 20.1 Å². The van der Waals surface area contributed by atoms with Gasteiger partial charge < -0.3 is 14.8 Å². The third-order valence-corrected chi connectivity index (χ3v) is 3.46. The zero-order valence-electron chi connectivity index (χ0n) is 14.2. The SMILES string of the molecule is COc1ccc([N+](=O)[O-])cc1C(=O)O[C@H](C)C(=O)Nc1ccc(F)cc1F. The van der Waals surface area contributed by atoms with E-state index < -0.39 is 34.5 Å². The number of carbonyl (C=O) groups is 2. The number of benzene rings is 2. The van der Waals surface area contributed by atoms with E-state index >= 15 is 0 Å². The van der Waals surface area contributed by atoms with Gasteiger partial charge in [0.1, 0.15) is 22.9 Å². The lowest BCUT2D eigenvalue weighted by molar-refractivity contribution is -0.384. The molecule has 2 rings (SSSR count). The number of ether oxygens (including phenoxy) is 2. The molecule has 0 aliphatic carbocycles. The van der Waals surface area contributed by atoms with Crippen LogP contribution in [0.5, 0.6) is 5.75 Å². The number of esters is 1. The van der Waals surface area contributed by atoms with Gasteiger partial charge in [-0.1, -0.05) is 0 Å². The van der Waals surface area contributed by atoms with Crippen molar-refractivity contribution in [2.75, 3.05) is 12.4 Å². The highest BCUT2D eigenvalue weighted by Crippen LogP contribution is 2.25. The molecule has 2 aromatic carbocycles. The average Bonchev–Trinajstić information content (AvgIpc) is 2.63. The maximum absolute atomic E-state index is 13.6. The van der Waals surface area contributed by atoms with E-state index in [0.29, 0.717) is 6.07 Å². The molecule has 8 nitrogen and oxygen atoms in total. The maximum Gasteiger partial charge on any atom is 0.342 e. The molecule has 0 fully saturated rings. The summed E-state index contributed by atoms with van der Waals surface area (Å²) in [7, 11) is 1.26. The highest BCUT2D eigenvalue weighted by molar-refractivity contribution is 5.98. The largest absolute Gasteiger partial charge is 0.496 e. The highest BCUT2D eigenvalue weighted by atomic mass is 19.1. The molecule has 142 valence electrons. The summed E-state index contributed by atoms with van der Waals surface area (Å²) in [5.41, 5.74) is -0.912. The first-order valence-corrected chi connectivity index (χ1v) is 7.52. The normalized spacial score (nSPS) is 11.4. The van der Waals surface area contributed by atoms with Gasteiger partial charge >= 0.3 is 5.97 Å². The van der Waals surface area contributed by atoms with Crippen molar-refractivity contribution < 1.29 is 32.8 Å². The Morgan fingerprint density at radius 2 is 1.89 bits per heavy atom. The Morgan fingerprint density at radius 1 is 1.19 bits per heavy atom. The maximum atomic E-state index is 13.6. The number of nitrogens with one attached hydrogen (secondary N) is 1. The van der Waals surface area contributed by atoms with E-state index in [1.54, 1.807) is 0 Å². The predicted molar refractivity (Wildman–Crippen MR) is 89.5 cm³/mol. The Balaban J connectivity index is 2.13. The second-order valence-electron chi connectivity index (χ2n) is 5.30. The zero-order valence-corrected chi connectivity index (χ0v) is 14.2. The van der Waals surface area contributed by atoms with Crippen molar-refractivity contribution in [1.82, 2.24) is 0 Å². The molecule has 1 N–H and O–H groups in total. The topological polar surface area (TPSA) is 108 Å². The van der Waals surface area contributed by atoms with Crippen molar-refractivity contribution in [3.63, 3.8) is 0 Å². The first kappa shape index (κ1) is 19.8. The number of nitro groups is 1. The average molecular weight is 380 g/mol. The van der Waals surface area contributed by atoms with E-state index in [4.69, 9.17) is 9.47 Å². The third-order valence-electron chi connectivity index (χ3n) is 3.46. The van der Waals surface area contributed by atoms with Crippen molar-refractivity contribution in [3.05, 3.63) is 63.7 Å². The summed E-state index contributed by atoms with van der Waals surface area (Å²) >= 11 is 0. The lowest BCUT2D eigenvalue weighted by atomic mass is 10.1. The standard InChI is InChI=1S/C17H14F2N2O6/c1-9(16(22)20-14-5-3-10(18)7-13(14)19)27-17(23)12-8-11(21(24)25)4-6-15(12)26-2/h3-9H,1-2H3,(H,20,22)/t9-/m1/s1. The number of amides is 1. The highest BCUT2D eigenvalue weighted by Gasteiger charge is 2.24. The smallest absolute Gasteiger partial charge is 0.342 e. The summed E-state index contributed by atoms with van der Waals surface area (Å²) in [6, 6.07) is 5.85. The molecular formula is C17H14F2N2O6. The molecule has 2 aromatic rings. The molecule has 0 saturated carbocycles. The summed E-state index contributed by atoms with van der Waals surface area (Å²) < 4.78 is 36.4. The van der Waals surface area contributed by atoms with Gasteiger partial charge in [-0.05, 0) is 25.1 Å². The molecule has 0 radical (unpaired) electrons. The van der Waals surface area contributed by atoms with Gasteiger partial charge in [0.25, 0.3) is 11.6 Å². The Hall–Kier alpha value is -3.56. The minimum atomic E-state index is -1.37. The van der Waals surface area contributed by atoms with Crippen LogP contribution in [0.2, 0.25) is 0 Å². The number of hydrogen-bond donors (Lipinski definition) is 1. The molecule has 10 heteroatoms. The first-order valence-electron chi connectivity index (χ1n) is 7.52. The van der Waals surface area contributed by atoms with Crippen LogP contribution in [0.1, 0.15) is 17.3 Å². The van der Waals surface area contributed by atoms with Gasteiger partial charge in [0.15, 0.2) is 6.10 Å². The lowest BCUT2D eigenvalue weighted by Crippen LogP contribution is -2.30. The monoisotopic (exact) mass is 380 g/mol. The summed E-state index contributed by atoms with van der Waals surface area (Å²) in [6.07, 6.45) is -1.37. The summed E-state index contributed by atoms with van der Waals surface area (Å²) in [6.45, 7) is 1.22. The van der Waals surface area contributed by atoms with Gasteiger partial charge in [-0.2, -0.15) is 0 Å². The van der Waals surface area contributed by atoms with Gasteiger partial charge in [-0.25, -0.2) is 13.6 Å². The quantitative estimate of drug-likeness (QED) is 0.469. The summed E-state index contributed by atoms with van der Waals surface area (Å²) in [5, 5.41) is 13.0. The Bertz CT molecular complexity index is 903. The van der Waals surface area contributed by atoms with Crippen LogP contribution >= 0.6 is 0 Å². The van der Waals surface area contributed by atoms with Crippen molar-refractivity contribution in [2.45, 2.75) is 13.0 Å². The molecule has 0 heterocycles. The van der Waals surface area contributed by atoms with Gasteiger partial charge in [0, 0.05) is 18.2 Å². The van der Waals surface area contributed by atoms with Crippen LogP contribution in [0, 0.1) is 21.7 Å². The van der Waals surface area contributed by atoms with E-state index in [2.05, 4.69) is 5.32 Å². The number of nitrogens with zero attached hydrogens (tertiary/aromatic N) is 1. The fourth-order valence-corrected chi connectivity index (χ4v) is 2.07. The van der Waals surface area contributed by atoms with E-state index in [9.17, 15) is 28.5 Å². The van der Waals surface area contributed by atoms with Crippen LogP contribution in [-0.4, -0.2) is 30.0 Å². The fraction of sp³-hybridized carbons (Fsp3) is 0.176. The lowest BCUT2D eigenvalue weighted by Gasteiger charge is -2.15. The predicted octanol–water partition coefficient (Wildman–Crippen LogP) is 3.07. The minimum absolute atomic E-state index is 0.0165. The van der Waals surface area contributed by atoms with Crippen LogP contribution < -0.4 is 10.1 Å². The van der Waals surface area contributed by atoms with Gasteiger partial charge in [-0.3, -0.25) is 14.9 Å². The molecule has 1 amide bonds. The number of halogens is 2. The number of anilines is 1. The molecular weight excluding hydrogens is 366 g/mol. The van der Waals surface area contributed by atoms with Crippen molar-refractivity contribution in [2.24, 2.45) is 0 Å². The first-order chi connectivity index (χ1) is 12.7. The second kappa shape index (κ2) is 8.21. The molecule has 0 aromatic heterocycles. The summed E-state index contributed by atoms with van der Waals surface area (Å²) in [5.74, 6) is -3.72. The second-order valence-corrected chi connectivity index (χ2v) is 5.30. The van der Waals surface area contributed by atoms with E-state index in [0.717, 1.165) is 24.3 Å². The van der Waals surface area contributed by atoms with Crippen LogP contribution in [0.25, 0.3) is 0 Å². The molecule has 0 spiro atoms. The van der Waals surface area contributed by atoms with Crippen LogP contribution in [-0.2, 0) is 9.53 Å². The molecule has 0 aliphatic heterocycles. The summed E-state index contributed by atoms with van der Waals surface area (Å²) in [4.78, 5) is 34.5. The van der Waals surface area contributed by atoms with Crippen molar-refractivity contribution >= 4 is 23.3 Å². The van der Waals surface area contributed by atoms with Crippen LogP contribution in [0.3, 0.4) is 0 Å². The third kappa shape index (κ3) is 4.75. The number of rotatable bonds is 6. The Kier molecular flexibility index (Phi) is 6.01. The zero-order chi connectivity index (χ0) is 20.1. The number of carbonyl (C=O) groups excluding carboxylic acids is 2. The van der Waals surface area contributed by atoms with Gasteiger partial charge in [0.05, 0.1) is 17.7 Å². The Labute approximate surface area is 151 Å². The van der Waals surface area contributed by atoms with Crippen LogP contribution in [0.4, 0.5) is 20.2 Å². The fourth-order valence-electron chi connectivity index (χ4n) is 2.07. The van der Waals surface area contributed by atoms with Gasteiger partial charge in [0.2, 0.25) is 0 Å². The van der Waals surface area contributed by atoms with E-state index in [-0.39, 0.29) is 22.7 Å². The molecule has 0 bridgehead atoms. The number of hydrogen-bond acceptors (Lipinski definition) is 6. The number of nitro benzene ring substituents is 1. The van der Waals surface area contributed by atoms with Crippen LogP contribution in [0.15, 0.2) is 36.4 Å². The Morgan fingerprint density at radius 3 is 2.48 bits per heavy atom. The molecule has 0 aliphatic rings. The molecule has 0 unspecified atom stereocenters. The number of non-ortho nitro benzene ring substituents is 1. The molecule has 1 atom stereocenters. The van der Waals surface area contributed by atoms with Crippen molar-refractivity contribution in [1.29, 1.82) is 0 Å². The molecule has 27 heavy (non-hydrogen) atoms.